The van der Waals surface area contributed by atoms with E-state index >= 15 is 0 Å². The van der Waals surface area contributed by atoms with Gasteiger partial charge in [-0.3, -0.25) is 14.5 Å². The minimum atomic E-state index is -1.53. The second-order valence-corrected chi connectivity index (χ2v) is 10.3. The van der Waals surface area contributed by atoms with Crippen LogP contribution in [0.4, 0.5) is 0 Å². The molecular weight excluding hydrogens is 445 g/mol. The van der Waals surface area contributed by atoms with Gasteiger partial charge in [0.05, 0.1) is 19.2 Å². The molecule has 0 spiro atoms. The van der Waals surface area contributed by atoms with Crippen LogP contribution in [0.1, 0.15) is 25.7 Å². The molecule has 1 heterocycles. The minimum absolute atomic E-state index is 0.0655. The zero-order valence-electron chi connectivity index (χ0n) is 12.6. The van der Waals surface area contributed by atoms with Crippen molar-refractivity contribution in [2.45, 2.75) is 45.4 Å². The van der Waals surface area contributed by atoms with Crippen molar-refractivity contribution in [3.8, 4) is 0 Å². The number of alkyl halides is 6. The van der Waals surface area contributed by atoms with Gasteiger partial charge >= 0.3 is 0 Å². The fraction of sp³-hybridized carbons (Fsp3) is 0.692. The summed E-state index contributed by atoms with van der Waals surface area (Å²) in [6.07, 6.45) is 1.70. The van der Waals surface area contributed by atoms with Gasteiger partial charge in [-0.1, -0.05) is 69.6 Å². The largest absolute Gasteiger partial charge is 0.499 e. The molecule has 0 aromatic carbocycles. The molecule has 138 valence electrons. The number of hydrogen-bond donors (Lipinski definition) is 1. The highest BCUT2D eigenvalue weighted by molar-refractivity contribution is 6.67. The Balaban J connectivity index is 2.85. The molecule has 2 atom stereocenters. The Morgan fingerprint density at radius 1 is 1.25 bits per heavy atom. The van der Waals surface area contributed by atoms with Crippen molar-refractivity contribution < 1.29 is 14.3 Å². The van der Waals surface area contributed by atoms with Gasteiger partial charge in [0.25, 0.3) is 5.91 Å². The lowest BCUT2D eigenvalue weighted by molar-refractivity contribution is -0.144. The Morgan fingerprint density at radius 2 is 1.79 bits per heavy atom. The van der Waals surface area contributed by atoms with Gasteiger partial charge in [0.1, 0.15) is 5.76 Å². The van der Waals surface area contributed by atoms with Crippen LogP contribution in [0.5, 0.6) is 0 Å². The summed E-state index contributed by atoms with van der Waals surface area (Å²) in [4.78, 5) is 25.7. The number of ether oxygens (including phenoxy) is 1. The highest BCUT2D eigenvalue weighted by Crippen LogP contribution is 2.36. The van der Waals surface area contributed by atoms with Gasteiger partial charge < -0.3 is 10.5 Å². The van der Waals surface area contributed by atoms with Gasteiger partial charge in [0.15, 0.2) is 7.59 Å². The maximum atomic E-state index is 12.5. The fourth-order valence-electron chi connectivity index (χ4n) is 2.22. The predicted molar refractivity (Wildman–Crippen MR) is 97.8 cm³/mol. The van der Waals surface area contributed by atoms with Crippen LogP contribution in [-0.2, 0) is 14.3 Å². The third kappa shape index (κ3) is 6.94. The van der Waals surface area contributed by atoms with Gasteiger partial charge in [0, 0.05) is 6.08 Å². The van der Waals surface area contributed by atoms with Gasteiger partial charge in [0.2, 0.25) is 5.91 Å². The summed E-state index contributed by atoms with van der Waals surface area (Å²) in [5.74, 6) is -0.849. The smallest absolute Gasteiger partial charge is 0.257 e. The predicted octanol–water partition coefficient (Wildman–Crippen LogP) is 3.88. The van der Waals surface area contributed by atoms with Crippen LogP contribution in [0.15, 0.2) is 11.8 Å². The lowest BCUT2D eigenvalue weighted by Gasteiger charge is -2.28. The van der Waals surface area contributed by atoms with Crippen LogP contribution in [0.25, 0.3) is 0 Å². The fourth-order valence-corrected chi connectivity index (χ4v) is 2.87. The summed E-state index contributed by atoms with van der Waals surface area (Å²) in [6.45, 7) is 0. The number of carbonyl (C=O) groups is 2. The number of halogens is 6. The topological polar surface area (TPSA) is 72.6 Å². The van der Waals surface area contributed by atoms with Crippen LogP contribution < -0.4 is 5.73 Å². The minimum Gasteiger partial charge on any atom is -0.499 e. The zero-order chi connectivity index (χ0) is 18.7. The first-order chi connectivity index (χ1) is 10.9. The SMILES string of the molecule is COC1=CC(=O)N(C(=O)[C@H](N)CCC(Cl)(Cl)Cl)[C@H]1CCC(Cl)(Cl)Cl. The Labute approximate surface area is 170 Å². The molecule has 0 unspecified atom stereocenters. The van der Waals surface area contributed by atoms with Crippen LogP contribution in [0.2, 0.25) is 0 Å². The van der Waals surface area contributed by atoms with Crippen molar-refractivity contribution in [2.24, 2.45) is 5.73 Å². The standard InChI is InChI=1S/C13H16Cl6N2O3/c1-24-9-6-10(22)21(8(9)3-5-13(17,18)19)11(23)7(20)2-4-12(14,15)16/h6-8H,2-5,20H2,1H3/t7-,8+/m1/s1. The van der Waals surface area contributed by atoms with E-state index in [1.807, 2.05) is 0 Å². The van der Waals surface area contributed by atoms with E-state index in [0.717, 1.165) is 4.90 Å². The summed E-state index contributed by atoms with van der Waals surface area (Å²) >= 11 is 34.2. The molecule has 2 N–H and O–H groups in total. The molecule has 11 heteroatoms. The third-order valence-electron chi connectivity index (χ3n) is 3.37. The summed E-state index contributed by atoms with van der Waals surface area (Å²) in [6, 6.07) is -1.70. The van der Waals surface area contributed by atoms with E-state index < -0.39 is 31.5 Å². The zero-order valence-corrected chi connectivity index (χ0v) is 17.1. The second-order valence-electron chi connectivity index (χ2n) is 5.23. The van der Waals surface area contributed by atoms with Gasteiger partial charge in [-0.25, -0.2) is 0 Å². The Bertz CT molecular complexity index is 515. The van der Waals surface area contributed by atoms with E-state index in [2.05, 4.69) is 0 Å². The van der Waals surface area contributed by atoms with Gasteiger partial charge in [-0.2, -0.15) is 0 Å². The van der Waals surface area contributed by atoms with Gasteiger partial charge in [-0.05, 0) is 25.7 Å². The molecular formula is C13H16Cl6N2O3. The average molecular weight is 461 g/mol. The monoisotopic (exact) mass is 458 g/mol. The average Bonchev–Trinajstić information content (AvgIpc) is 2.76. The molecule has 0 fully saturated rings. The van der Waals surface area contributed by atoms with E-state index in [0.29, 0.717) is 5.76 Å². The Hall–Kier alpha value is 0.380. The molecule has 1 aliphatic heterocycles. The van der Waals surface area contributed by atoms with Crippen molar-refractivity contribution in [1.82, 2.24) is 4.90 Å². The van der Waals surface area contributed by atoms with E-state index in [4.69, 9.17) is 80.1 Å². The number of hydrogen-bond acceptors (Lipinski definition) is 4. The van der Waals surface area contributed by atoms with E-state index in [-0.39, 0.29) is 25.7 Å². The normalized spacial score (nSPS) is 20.2. The molecule has 24 heavy (non-hydrogen) atoms. The van der Waals surface area contributed by atoms with Crippen molar-refractivity contribution in [1.29, 1.82) is 0 Å². The first-order valence-electron chi connectivity index (χ1n) is 6.87. The number of imide groups is 1. The number of nitrogens with two attached hydrogens (primary N) is 1. The number of nitrogens with zero attached hydrogens (tertiary/aromatic N) is 1. The molecule has 0 saturated heterocycles. The van der Waals surface area contributed by atoms with Crippen molar-refractivity contribution in [3.63, 3.8) is 0 Å². The number of methoxy groups -OCH3 is 1. The lowest BCUT2D eigenvalue weighted by atomic mass is 10.1. The van der Waals surface area contributed by atoms with Crippen LogP contribution in [0, 0.1) is 0 Å². The second kappa shape index (κ2) is 8.85. The number of rotatable bonds is 6. The molecule has 0 bridgehead atoms. The van der Waals surface area contributed by atoms with Crippen molar-refractivity contribution in [2.75, 3.05) is 7.11 Å². The maximum absolute atomic E-state index is 12.5. The van der Waals surface area contributed by atoms with E-state index in [1.165, 1.54) is 13.2 Å². The van der Waals surface area contributed by atoms with Crippen LogP contribution in [-0.4, -0.2) is 43.5 Å². The van der Waals surface area contributed by atoms with Crippen molar-refractivity contribution >= 4 is 81.4 Å². The highest BCUT2D eigenvalue weighted by atomic mass is 35.6. The van der Waals surface area contributed by atoms with Crippen LogP contribution in [0.3, 0.4) is 0 Å². The summed E-state index contributed by atoms with van der Waals surface area (Å²) in [7, 11) is 1.39. The first kappa shape index (κ1) is 22.4. The Morgan fingerprint density at radius 3 is 2.25 bits per heavy atom. The summed E-state index contributed by atoms with van der Waals surface area (Å²) in [5, 5.41) is 0. The highest BCUT2D eigenvalue weighted by Gasteiger charge is 2.41. The maximum Gasteiger partial charge on any atom is 0.257 e. The van der Waals surface area contributed by atoms with Gasteiger partial charge in [-0.15, -0.1) is 0 Å². The molecule has 0 aliphatic carbocycles. The van der Waals surface area contributed by atoms with E-state index in [9.17, 15) is 9.59 Å². The number of carbonyl (C=O) groups excluding carboxylic acids is 2. The molecule has 0 saturated carbocycles. The quantitative estimate of drug-likeness (QED) is 0.610. The molecule has 2 amide bonds. The first-order valence-corrected chi connectivity index (χ1v) is 9.14. The third-order valence-corrected chi connectivity index (χ3v) is 4.51. The molecule has 1 aliphatic rings. The molecule has 1 rings (SSSR count). The molecule has 5 nitrogen and oxygen atoms in total. The summed E-state index contributed by atoms with van der Waals surface area (Å²) < 4.78 is 2.10. The van der Waals surface area contributed by atoms with Crippen molar-refractivity contribution in [3.05, 3.63) is 11.8 Å². The molecule has 0 radical (unpaired) electrons. The van der Waals surface area contributed by atoms with E-state index in [1.54, 1.807) is 0 Å². The summed E-state index contributed by atoms with van der Waals surface area (Å²) in [5.41, 5.74) is 5.84. The van der Waals surface area contributed by atoms with Crippen LogP contribution >= 0.6 is 69.6 Å². The number of amides is 2. The molecule has 0 aromatic rings. The molecule has 0 aromatic heterocycles. The lowest BCUT2D eigenvalue weighted by Crippen LogP contribution is -2.49. The Kier molecular flexibility index (Phi) is 8.27.